The summed E-state index contributed by atoms with van der Waals surface area (Å²) in [4.78, 5) is 23.8. The Bertz CT molecular complexity index is 890. The van der Waals surface area contributed by atoms with Gasteiger partial charge in [0.05, 0.1) is 5.56 Å². The summed E-state index contributed by atoms with van der Waals surface area (Å²) in [5, 5.41) is 15.8. The molecule has 1 aromatic heterocycles. The van der Waals surface area contributed by atoms with Crippen molar-refractivity contribution in [2.75, 3.05) is 10.6 Å². The Kier molecular flexibility index (Phi) is 3.86. The second-order valence-corrected chi connectivity index (χ2v) is 5.85. The number of para-hydroxylation sites is 1. The van der Waals surface area contributed by atoms with Gasteiger partial charge < -0.3 is 16.2 Å². The number of carbonyl (C=O) groups excluding carboxylic acids is 2. The van der Waals surface area contributed by atoms with Crippen molar-refractivity contribution in [3.05, 3.63) is 54.1 Å². The van der Waals surface area contributed by atoms with Crippen LogP contribution in [0, 0.1) is 0 Å². The van der Waals surface area contributed by atoms with Gasteiger partial charge in [-0.2, -0.15) is 0 Å². The summed E-state index contributed by atoms with van der Waals surface area (Å²) in [6.07, 6.45) is 0. The molecule has 0 saturated carbocycles. The first-order valence-corrected chi connectivity index (χ1v) is 7.54. The number of phenols is 1. The lowest BCUT2D eigenvalue weighted by Crippen LogP contribution is -2.21. The largest absolute Gasteiger partial charge is 0.508 e. The van der Waals surface area contributed by atoms with Gasteiger partial charge in [0.1, 0.15) is 10.8 Å². The molecule has 0 atom stereocenters. The van der Waals surface area contributed by atoms with Gasteiger partial charge in [0, 0.05) is 15.8 Å². The number of amides is 3. The second-order valence-electron chi connectivity index (χ2n) is 4.80. The van der Waals surface area contributed by atoms with E-state index in [0.717, 1.165) is 0 Å². The van der Waals surface area contributed by atoms with Crippen molar-refractivity contribution in [2.24, 2.45) is 5.73 Å². The van der Waals surface area contributed by atoms with Crippen LogP contribution in [0.4, 0.5) is 15.5 Å². The molecule has 0 fully saturated rings. The molecule has 2 aromatic carbocycles. The van der Waals surface area contributed by atoms with E-state index >= 15 is 0 Å². The molecule has 0 aliphatic rings. The van der Waals surface area contributed by atoms with E-state index in [1.807, 2.05) is 6.07 Å². The number of hydrogen-bond acceptors (Lipinski definition) is 4. The smallest absolute Gasteiger partial charge is 0.324 e. The third-order valence-corrected chi connectivity index (χ3v) is 4.25. The van der Waals surface area contributed by atoms with Crippen molar-refractivity contribution in [1.82, 2.24) is 0 Å². The molecular formula is C16H13N3O3S. The van der Waals surface area contributed by atoms with Gasteiger partial charge in [0.25, 0.3) is 5.91 Å². The maximum atomic E-state index is 12.1. The lowest BCUT2D eigenvalue weighted by molar-refractivity contribution is 0.100. The first-order valence-electron chi connectivity index (χ1n) is 6.73. The fraction of sp³-hybridized carbons (Fsp3) is 0. The van der Waals surface area contributed by atoms with Crippen molar-refractivity contribution >= 4 is 44.0 Å². The summed E-state index contributed by atoms with van der Waals surface area (Å²) in [6.45, 7) is 0. The Morgan fingerprint density at radius 3 is 2.48 bits per heavy atom. The average Bonchev–Trinajstić information content (AvgIpc) is 2.84. The standard InChI is InChI=1S/C16H13N3O3S/c17-14(21)13-11-7-6-10(20)8-12(11)23-15(13)19-16(22)18-9-4-2-1-3-5-9/h1-8,20H,(H2,17,21)(H2,18,19,22). The van der Waals surface area contributed by atoms with Crippen LogP contribution in [0.15, 0.2) is 48.5 Å². The zero-order valence-electron chi connectivity index (χ0n) is 11.9. The van der Waals surface area contributed by atoms with Gasteiger partial charge in [0.2, 0.25) is 0 Å². The number of rotatable bonds is 3. The van der Waals surface area contributed by atoms with Crippen molar-refractivity contribution in [3.63, 3.8) is 0 Å². The number of urea groups is 1. The minimum atomic E-state index is -0.642. The number of aromatic hydroxyl groups is 1. The molecule has 0 radical (unpaired) electrons. The third kappa shape index (κ3) is 3.09. The molecule has 0 saturated heterocycles. The molecule has 0 aliphatic carbocycles. The molecule has 0 bridgehead atoms. The van der Waals surface area contributed by atoms with E-state index in [0.29, 0.717) is 20.8 Å². The SMILES string of the molecule is NC(=O)c1c(NC(=O)Nc2ccccc2)sc2cc(O)ccc12. The summed E-state index contributed by atoms with van der Waals surface area (Å²) in [5.74, 6) is -0.563. The van der Waals surface area contributed by atoms with Crippen LogP contribution in [0.2, 0.25) is 0 Å². The van der Waals surface area contributed by atoms with Gasteiger partial charge in [0.15, 0.2) is 0 Å². The van der Waals surface area contributed by atoms with E-state index in [9.17, 15) is 14.7 Å². The summed E-state index contributed by atoms with van der Waals surface area (Å²) in [5.41, 5.74) is 6.28. The predicted octanol–water partition coefficient (Wildman–Crippen LogP) is 3.35. The zero-order valence-corrected chi connectivity index (χ0v) is 12.7. The summed E-state index contributed by atoms with van der Waals surface area (Å²) < 4.78 is 0.661. The lowest BCUT2D eigenvalue weighted by atomic mass is 10.1. The summed E-state index contributed by atoms with van der Waals surface area (Å²) in [6, 6.07) is 13.0. The minimum Gasteiger partial charge on any atom is -0.508 e. The van der Waals surface area contributed by atoms with Crippen LogP contribution >= 0.6 is 11.3 Å². The Hall–Kier alpha value is -3.06. The Morgan fingerprint density at radius 2 is 1.78 bits per heavy atom. The number of primary amides is 1. The highest BCUT2D eigenvalue weighted by Crippen LogP contribution is 2.37. The number of nitrogens with two attached hydrogens (primary N) is 1. The molecule has 5 N–H and O–H groups in total. The predicted molar refractivity (Wildman–Crippen MR) is 91.1 cm³/mol. The highest BCUT2D eigenvalue weighted by molar-refractivity contribution is 7.23. The van der Waals surface area contributed by atoms with Crippen molar-refractivity contribution in [2.45, 2.75) is 0 Å². The Morgan fingerprint density at radius 1 is 1.04 bits per heavy atom. The Balaban J connectivity index is 1.91. The number of benzene rings is 2. The lowest BCUT2D eigenvalue weighted by Gasteiger charge is -2.07. The highest BCUT2D eigenvalue weighted by atomic mass is 32.1. The normalized spacial score (nSPS) is 10.4. The van der Waals surface area contributed by atoms with Gasteiger partial charge in [-0.25, -0.2) is 4.79 Å². The van der Waals surface area contributed by atoms with Crippen LogP contribution < -0.4 is 16.4 Å². The van der Waals surface area contributed by atoms with E-state index in [1.54, 1.807) is 30.3 Å². The highest BCUT2D eigenvalue weighted by Gasteiger charge is 2.19. The molecular weight excluding hydrogens is 314 g/mol. The number of fused-ring (bicyclic) bond motifs is 1. The molecule has 116 valence electrons. The van der Waals surface area contributed by atoms with Gasteiger partial charge in [-0.15, -0.1) is 11.3 Å². The molecule has 0 spiro atoms. The molecule has 3 amide bonds. The van der Waals surface area contributed by atoms with Gasteiger partial charge in [-0.1, -0.05) is 18.2 Å². The summed E-state index contributed by atoms with van der Waals surface area (Å²) in [7, 11) is 0. The number of phenolic OH excluding ortho intramolecular Hbond substituents is 1. The number of thiophene rings is 1. The number of hydrogen-bond donors (Lipinski definition) is 4. The Labute approximate surface area is 135 Å². The first kappa shape index (κ1) is 14.9. The first-order chi connectivity index (χ1) is 11.0. The summed E-state index contributed by atoms with van der Waals surface area (Å²) >= 11 is 1.17. The van der Waals surface area contributed by atoms with Gasteiger partial charge in [-0.3, -0.25) is 10.1 Å². The molecule has 0 unspecified atom stereocenters. The van der Waals surface area contributed by atoms with Gasteiger partial charge >= 0.3 is 6.03 Å². The van der Waals surface area contributed by atoms with Crippen LogP contribution in [0.1, 0.15) is 10.4 Å². The molecule has 0 aliphatic heterocycles. The average molecular weight is 327 g/mol. The van der Waals surface area contributed by atoms with E-state index in [4.69, 9.17) is 5.73 Å². The molecule has 23 heavy (non-hydrogen) atoms. The minimum absolute atomic E-state index is 0.0788. The van der Waals surface area contributed by atoms with Crippen molar-refractivity contribution in [3.8, 4) is 5.75 Å². The number of nitrogens with one attached hydrogen (secondary N) is 2. The third-order valence-electron chi connectivity index (χ3n) is 3.18. The van der Waals surface area contributed by atoms with Crippen LogP contribution in [-0.2, 0) is 0 Å². The van der Waals surface area contributed by atoms with Crippen molar-refractivity contribution < 1.29 is 14.7 Å². The second kappa shape index (κ2) is 5.98. The maximum absolute atomic E-state index is 12.1. The van der Waals surface area contributed by atoms with Crippen LogP contribution in [0.3, 0.4) is 0 Å². The van der Waals surface area contributed by atoms with E-state index in [1.165, 1.54) is 23.5 Å². The van der Waals surface area contributed by atoms with E-state index < -0.39 is 11.9 Å². The van der Waals surface area contributed by atoms with Crippen molar-refractivity contribution in [1.29, 1.82) is 0 Å². The molecule has 7 heteroatoms. The fourth-order valence-corrected chi connectivity index (χ4v) is 3.34. The zero-order chi connectivity index (χ0) is 16.4. The van der Waals surface area contributed by atoms with Gasteiger partial charge in [-0.05, 0) is 30.3 Å². The molecule has 6 nitrogen and oxygen atoms in total. The van der Waals surface area contributed by atoms with E-state index in [2.05, 4.69) is 10.6 Å². The number of carbonyl (C=O) groups is 2. The topological polar surface area (TPSA) is 104 Å². The number of anilines is 2. The monoisotopic (exact) mass is 327 g/mol. The van der Waals surface area contributed by atoms with E-state index in [-0.39, 0.29) is 11.3 Å². The quantitative estimate of drug-likeness (QED) is 0.593. The molecule has 3 rings (SSSR count). The fourth-order valence-electron chi connectivity index (χ4n) is 2.20. The molecule has 1 heterocycles. The van der Waals surface area contributed by atoms with Crippen LogP contribution in [0.25, 0.3) is 10.1 Å². The van der Waals surface area contributed by atoms with Crippen LogP contribution in [0.5, 0.6) is 5.75 Å². The molecule has 3 aromatic rings. The van der Waals surface area contributed by atoms with Crippen LogP contribution in [-0.4, -0.2) is 17.0 Å². The maximum Gasteiger partial charge on any atom is 0.324 e.